The lowest BCUT2D eigenvalue weighted by Gasteiger charge is -2.40. The van der Waals surface area contributed by atoms with E-state index in [1.54, 1.807) is 6.92 Å². The van der Waals surface area contributed by atoms with Crippen LogP contribution in [0.4, 0.5) is 37.7 Å². The minimum absolute atomic E-state index is 0.242. The van der Waals surface area contributed by atoms with Crippen LogP contribution in [0.1, 0.15) is 37.6 Å². The molecule has 1 amide bonds. The fraction of sp³-hybridized carbons (Fsp3) is 0.579. The number of fused-ring (bicyclic) bond motifs is 1. The molecule has 0 spiro atoms. The molecule has 0 N–H and O–H groups in total. The van der Waals surface area contributed by atoms with Gasteiger partial charge in [-0.2, -0.15) is 26.3 Å². The zero-order valence-electron chi connectivity index (χ0n) is 16.8. The molecule has 1 aliphatic rings. The van der Waals surface area contributed by atoms with Crippen molar-refractivity contribution in [2.24, 2.45) is 5.92 Å². The van der Waals surface area contributed by atoms with Crippen molar-refractivity contribution in [3.05, 3.63) is 17.7 Å². The van der Waals surface area contributed by atoms with Crippen molar-refractivity contribution < 1.29 is 40.7 Å². The number of anilines is 2. The maximum Gasteiger partial charge on any atom is 0.455 e. The fourth-order valence-electron chi connectivity index (χ4n) is 3.29. The molecule has 5 nitrogen and oxygen atoms in total. The largest absolute Gasteiger partial charge is 0.488 e. The summed E-state index contributed by atoms with van der Waals surface area (Å²) in [6.45, 7) is 2.92. The number of rotatable bonds is 5. The molecule has 1 aliphatic heterocycles. The molecule has 0 aliphatic carbocycles. The van der Waals surface area contributed by atoms with Gasteiger partial charge in [0.2, 0.25) is 5.91 Å². The average Bonchev–Trinajstić information content (AvgIpc) is 2.63. The quantitative estimate of drug-likeness (QED) is 0.497. The monoisotopic (exact) mass is 440 g/mol. The number of benzene rings is 1. The van der Waals surface area contributed by atoms with E-state index in [1.165, 1.54) is 20.9 Å². The zero-order chi connectivity index (χ0) is 23.0. The highest BCUT2D eigenvalue weighted by Crippen LogP contribution is 2.45. The summed E-state index contributed by atoms with van der Waals surface area (Å²) < 4.78 is 84.7. The number of Topliss-reactive ketones (excluding diaryl/α,β-unsaturated/α-hetero) is 1. The van der Waals surface area contributed by atoms with E-state index in [9.17, 15) is 35.9 Å². The van der Waals surface area contributed by atoms with Crippen LogP contribution < -0.4 is 14.5 Å². The van der Waals surface area contributed by atoms with Crippen molar-refractivity contribution in [2.75, 3.05) is 30.0 Å². The van der Waals surface area contributed by atoms with Gasteiger partial charge < -0.3 is 14.5 Å². The topological polar surface area (TPSA) is 49.9 Å². The van der Waals surface area contributed by atoms with Gasteiger partial charge >= 0.3 is 12.4 Å². The van der Waals surface area contributed by atoms with Gasteiger partial charge in [-0.05, 0) is 18.6 Å². The van der Waals surface area contributed by atoms with Gasteiger partial charge in [-0.1, -0.05) is 20.8 Å². The third-order valence-electron chi connectivity index (χ3n) is 4.78. The maximum atomic E-state index is 13.3. The molecule has 0 fully saturated rings. The molecular weight excluding hydrogens is 418 g/mol. The minimum atomic E-state index is -5.31. The van der Waals surface area contributed by atoms with Crippen LogP contribution in [0.3, 0.4) is 0 Å². The Morgan fingerprint density at radius 1 is 1.20 bits per heavy atom. The van der Waals surface area contributed by atoms with E-state index in [4.69, 9.17) is 4.74 Å². The summed E-state index contributed by atoms with van der Waals surface area (Å²) in [5.41, 5.74) is -1.62. The Morgan fingerprint density at radius 3 is 2.27 bits per heavy atom. The summed E-state index contributed by atoms with van der Waals surface area (Å²) in [6.07, 6.45) is -9.70. The highest BCUT2D eigenvalue weighted by Gasteiger charge is 2.46. The van der Waals surface area contributed by atoms with Crippen LogP contribution in [-0.4, -0.2) is 50.3 Å². The third-order valence-corrected chi connectivity index (χ3v) is 4.78. The van der Waals surface area contributed by atoms with E-state index in [0.717, 1.165) is 21.9 Å². The smallest absolute Gasteiger partial charge is 0.455 e. The number of nitrogens with zero attached hydrogens (tertiary/aromatic N) is 2. The van der Waals surface area contributed by atoms with E-state index < -0.39 is 53.9 Å². The molecule has 2 rings (SSSR count). The van der Waals surface area contributed by atoms with Gasteiger partial charge in [-0.25, -0.2) is 0 Å². The number of hydrogen-bond acceptors (Lipinski definition) is 4. The number of ketones is 1. The summed E-state index contributed by atoms with van der Waals surface area (Å²) in [4.78, 5) is 26.3. The van der Waals surface area contributed by atoms with Crippen molar-refractivity contribution in [3.63, 3.8) is 0 Å². The Labute approximate surface area is 169 Å². The van der Waals surface area contributed by atoms with Crippen molar-refractivity contribution >= 4 is 23.1 Å². The molecule has 1 aromatic carbocycles. The lowest BCUT2D eigenvalue weighted by Crippen LogP contribution is -2.48. The van der Waals surface area contributed by atoms with Crippen molar-refractivity contribution in [1.29, 1.82) is 0 Å². The number of carbonyl (C=O) groups excluding carboxylic acids is 2. The number of halogens is 6. The highest BCUT2D eigenvalue weighted by atomic mass is 19.4. The van der Waals surface area contributed by atoms with Crippen LogP contribution >= 0.6 is 0 Å². The second-order valence-corrected chi connectivity index (χ2v) is 7.30. The van der Waals surface area contributed by atoms with Crippen molar-refractivity contribution in [1.82, 2.24) is 0 Å². The van der Waals surface area contributed by atoms with E-state index in [-0.39, 0.29) is 24.4 Å². The van der Waals surface area contributed by atoms with Crippen molar-refractivity contribution in [3.8, 4) is 5.75 Å². The highest BCUT2D eigenvalue weighted by molar-refractivity contribution is 6.11. The molecule has 1 heterocycles. The summed E-state index contributed by atoms with van der Waals surface area (Å²) in [7, 11) is 1.20. The number of carbonyl (C=O) groups is 2. The van der Waals surface area contributed by atoms with Gasteiger partial charge in [0.05, 0.1) is 23.0 Å². The standard InChI is InChI=1S/C19H22F6N2O3/c1-5-11-8-30-15-13(27(11)9-18(20,21)22)7-6-12(26(4)17(29)10(2)3)14(15)16(28)19(23,24)25/h6-7,10-11H,5,8-9H2,1-4H3/t11-/m1/s1. The molecule has 1 atom stereocenters. The first-order valence-corrected chi connectivity index (χ1v) is 9.21. The lowest BCUT2D eigenvalue weighted by atomic mass is 10.00. The first kappa shape index (κ1) is 23.8. The van der Waals surface area contributed by atoms with Crippen LogP contribution in [0.2, 0.25) is 0 Å². The molecule has 11 heteroatoms. The minimum Gasteiger partial charge on any atom is -0.488 e. The molecule has 0 aromatic heterocycles. The first-order chi connectivity index (χ1) is 13.7. The number of amides is 1. The second-order valence-electron chi connectivity index (χ2n) is 7.30. The SMILES string of the molecule is CC[C@@H]1COc2c(ccc(N(C)C(=O)C(C)C)c2C(=O)C(F)(F)F)N1CC(F)(F)F. The van der Waals surface area contributed by atoms with Gasteiger partial charge in [0, 0.05) is 13.0 Å². The molecule has 0 bridgehead atoms. The Hall–Kier alpha value is -2.46. The predicted molar refractivity (Wildman–Crippen MR) is 98.1 cm³/mol. The van der Waals surface area contributed by atoms with Crippen LogP contribution in [0.25, 0.3) is 0 Å². The molecule has 30 heavy (non-hydrogen) atoms. The number of hydrogen-bond donors (Lipinski definition) is 0. The van der Waals surface area contributed by atoms with Crippen LogP contribution in [0.15, 0.2) is 12.1 Å². The summed E-state index contributed by atoms with van der Waals surface area (Å²) in [5.74, 6) is -4.06. The van der Waals surface area contributed by atoms with Crippen molar-refractivity contribution in [2.45, 2.75) is 45.6 Å². The Balaban J connectivity index is 2.73. The maximum absolute atomic E-state index is 13.3. The van der Waals surface area contributed by atoms with Gasteiger partial charge in [0.15, 0.2) is 5.75 Å². The van der Waals surface area contributed by atoms with Gasteiger partial charge in [0.1, 0.15) is 13.2 Å². The van der Waals surface area contributed by atoms with Gasteiger partial charge in [-0.15, -0.1) is 0 Å². The molecule has 0 saturated carbocycles. The summed E-state index contributed by atoms with van der Waals surface area (Å²) >= 11 is 0. The second kappa shape index (κ2) is 8.35. The molecule has 1 aromatic rings. The number of ether oxygens (including phenoxy) is 1. The summed E-state index contributed by atoms with van der Waals surface area (Å²) in [5, 5.41) is 0. The third kappa shape index (κ3) is 4.81. The first-order valence-electron chi connectivity index (χ1n) is 9.21. The van der Waals surface area contributed by atoms with Gasteiger partial charge in [0.25, 0.3) is 5.78 Å². The number of alkyl halides is 6. The summed E-state index contributed by atoms with van der Waals surface area (Å²) in [6, 6.07) is 1.45. The average molecular weight is 440 g/mol. The Bertz CT molecular complexity index is 820. The van der Waals surface area contributed by atoms with Crippen LogP contribution in [-0.2, 0) is 4.79 Å². The predicted octanol–water partition coefficient (Wildman–Crippen LogP) is 4.59. The van der Waals surface area contributed by atoms with Crippen LogP contribution in [0, 0.1) is 5.92 Å². The van der Waals surface area contributed by atoms with E-state index >= 15 is 0 Å². The van der Waals surface area contributed by atoms with Gasteiger partial charge in [-0.3, -0.25) is 9.59 Å². The zero-order valence-corrected chi connectivity index (χ0v) is 16.8. The van der Waals surface area contributed by atoms with E-state index in [0.29, 0.717) is 0 Å². The Morgan fingerprint density at radius 2 is 1.80 bits per heavy atom. The molecule has 0 saturated heterocycles. The van der Waals surface area contributed by atoms with E-state index in [2.05, 4.69) is 0 Å². The molecule has 0 unspecified atom stereocenters. The molecular formula is C19H22F6N2O3. The molecule has 168 valence electrons. The van der Waals surface area contributed by atoms with Crippen LogP contribution in [0.5, 0.6) is 5.75 Å². The molecule has 0 radical (unpaired) electrons. The Kier molecular flexibility index (Phi) is 6.63. The normalized spacial score (nSPS) is 16.9. The van der Waals surface area contributed by atoms with E-state index in [1.807, 2.05) is 0 Å². The fourth-order valence-corrected chi connectivity index (χ4v) is 3.29. The lowest BCUT2D eigenvalue weighted by molar-refractivity contribution is -0.122.